The maximum absolute atomic E-state index is 10.7. The summed E-state index contributed by atoms with van der Waals surface area (Å²) in [5.41, 5.74) is 0. The van der Waals surface area contributed by atoms with E-state index in [1.54, 1.807) is 6.92 Å². The van der Waals surface area contributed by atoms with E-state index >= 15 is 0 Å². The minimum absolute atomic E-state index is 0.0541. The third-order valence-corrected chi connectivity index (χ3v) is 2.20. The summed E-state index contributed by atoms with van der Waals surface area (Å²) in [7, 11) is 1.27. The smallest absolute Gasteiger partial charge is 0.333 e. The van der Waals surface area contributed by atoms with Crippen molar-refractivity contribution in [3.05, 3.63) is 11.8 Å². The fraction of sp³-hybridized carbons (Fsp3) is 0.667. The number of allylic oxidation sites excluding steroid dienone is 1. The van der Waals surface area contributed by atoms with Gasteiger partial charge in [-0.05, 0) is 19.8 Å². The second-order valence-electron chi connectivity index (χ2n) is 3.78. The minimum Gasteiger partial charge on any atom is -0.512 e. The molecule has 92 valence electrons. The van der Waals surface area contributed by atoms with Crippen LogP contribution in [0.15, 0.2) is 11.8 Å². The number of carbonyl (C=O) groups is 2. The lowest BCUT2D eigenvalue weighted by Gasteiger charge is -2.00. The topological polar surface area (TPSA) is 63.6 Å². The van der Waals surface area contributed by atoms with Gasteiger partial charge >= 0.3 is 5.97 Å². The van der Waals surface area contributed by atoms with E-state index in [4.69, 9.17) is 0 Å². The van der Waals surface area contributed by atoms with Crippen LogP contribution >= 0.6 is 0 Å². The molecule has 16 heavy (non-hydrogen) atoms. The van der Waals surface area contributed by atoms with Gasteiger partial charge in [-0.15, -0.1) is 0 Å². The van der Waals surface area contributed by atoms with Gasteiger partial charge in [-0.2, -0.15) is 0 Å². The van der Waals surface area contributed by atoms with Crippen molar-refractivity contribution in [2.45, 2.75) is 45.4 Å². The first-order chi connectivity index (χ1) is 7.56. The highest BCUT2D eigenvalue weighted by atomic mass is 16.5. The maximum Gasteiger partial charge on any atom is 0.333 e. The molecule has 0 fully saturated rings. The molecular weight excluding hydrogens is 208 g/mol. The predicted octanol–water partition coefficient (Wildman–Crippen LogP) is 2.53. The quantitative estimate of drug-likeness (QED) is 0.300. The highest BCUT2D eigenvalue weighted by Gasteiger charge is 2.00. The standard InChI is InChI=1S/C12H20O4/c1-10(13)7-5-3-4-6-8-11(14)9-12(15)16-2/h9,14H,3-8H2,1-2H3/b11-9-. The lowest BCUT2D eigenvalue weighted by molar-refractivity contribution is -0.135. The van der Waals surface area contributed by atoms with Crippen molar-refractivity contribution >= 4 is 11.8 Å². The number of methoxy groups -OCH3 is 1. The van der Waals surface area contributed by atoms with Crippen LogP contribution in [0.5, 0.6) is 0 Å². The van der Waals surface area contributed by atoms with E-state index in [0.29, 0.717) is 12.8 Å². The average molecular weight is 228 g/mol. The third kappa shape index (κ3) is 9.24. The highest BCUT2D eigenvalue weighted by Crippen LogP contribution is 2.09. The Morgan fingerprint density at radius 3 is 2.19 bits per heavy atom. The number of hydrogen-bond acceptors (Lipinski definition) is 4. The first-order valence-corrected chi connectivity index (χ1v) is 5.53. The fourth-order valence-corrected chi connectivity index (χ4v) is 1.30. The van der Waals surface area contributed by atoms with Crippen LogP contribution in [0.1, 0.15) is 45.4 Å². The molecule has 0 aliphatic rings. The predicted molar refractivity (Wildman–Crippen MR) is 61.1 cm³/mol. The van der Waals surface area contributed by atoms with Gasteiger partial charge in [0.25, 0.3) is 0 Å². The number of unbranched alkanes of at least 4 members (excludes halogenated alkanes) is 3. The molecule has 0 radical (unpaired) electrons. The van der Waals surface area contributed by atoms with Gasteiger partial charge in [-0.3, -0.25) is 0 Å². The normalized spacial score (nSPS) is 11.2. The molecule has 1 N–H and O–H groups in total. The van der Waals surface area contributed by atoms with Crippen molar-refractivity contribution in [1.82, 2.24) is 0 Å². The molecule has 0 saturated heterocycles. The van der Waals surface area contributed by atoms with Crippen LogP contribution in [0, 0.1) is 0 Å². The Kier molecular flexibility index (Phi) is 8.21. The van der Waals surface area contributed by atoms with E-state index in [1.165, 1.54) is 7.11 Å². The summed E-state index contributed by atoms with van der Waals surface area (Å²) in [4.78, 5) is 21.4. The molecule has 0 aromatic heterocycles. The third-order valence-electron chi connectivity index (χ3n) is 2.20. The molecule has 4 heteroatoms. The Hall–Kier alpha value is -1.32. The zero-order chi connectivity index (χ0) is 12.4. The molecule has 0 bridgehead atoms. The molecule has 0 spiro atoms. The summed E-state index contributed by atoms with van der Waals surface area (Å²) < 4.78 is 4.38. The van der Waals surface area contributed by atoms with E-state index in [1.807, 2.05) is 0 Å². The molecule has 4 nitrogen and oxygen atoms in total. The lowest BCUT2D eigenvalue weighted by Crippen LogP contribution is -1.97. The van der Waals surface area contributed by atoms with Crippen LogP contribution in [0.4, 0.5) is 0 Å². The van der Waals surface area contributed by atoms with Crippen LogP contribution < -0.4 is 0 Å². The van der Waals surface area contributed by atoms with Crippen molar-refractivity contribution in [3.8, 4) is 0 Å². The van der Waals surface area contributed by atoms with Crippen LogP contribution in [0.3, 0.4) is 0 Å². The van der Waals surface area contributed by atoms with E-state index in [-0.39, 0.29) is 11.5 Å². The molecule has 0 unspecified atom stereocenters. The Balaban J connectivity index is 3.48. The van der Waals surface area contributed by atoms with E-state index in [2.05, 4.69) is 4.74 Å². The van der Waals surface area contributed by atoms with Crippen LogP contribution in [-0.4, -0.2) is 24.0 Å². The van der Waals surface area contributed by atoms with E-state index in [0.717, 1.165) is 31.8 Å². The van der Waals surface area contributed by atoms with Gasteiger partial charge < -0.3 is 14.6 Å². The van der Waals surface area contributed by atoms with Gasteiger partial charge in [-0.1, -0.05) is 12.8 Å². The zero-order valence-corrected chi connectivity index (χ0v) is 9.99. The zero-order valence-electron chi connectivity index (χ0n) is 9.99. The Morgan fingerprint density at radius 2 is 1.69 bits per heavy atom. The second kappa shape index (κ2) is 8.95. The summed E-state index contributed by atoms with van der Waals surface area (Å²) in [5.74, 6) is -0.263. The number of carbonyl (C=O) groups excluding carboxylic acids is 2. The average Bonchev–Trinajstić information content (AvgIpc) is 2.22. The van der Waals surface area contributed by atoms with E-state index in [9.17, 15) is 14.7 Å². The molecule has 0 aromatic rings. The molecule has 0 heterocycles. The summed E-state index contributed by atoms with van der Waals surface area (Å²) in [6, 6.07) is 0. The molecule has 0 aliphatic carbocycles. The molecule has 0 rings (SSSR count). The number of hydrogen-bond donors (Lipinski definition) is 1. The monoisotopic (exact) mass is 228 g/mol. The largest absolute Gasteiger partial charge is 0.512 e. The summed E-state index contributed by atoms with van der Waals surface area (Å²) in [6.45, 7) is 1.59. The van der Waals surface area contributed by atoms with Gasteiger partial charge in [0.1, 0.15) is 5.78 Å². The number of aliphatic hydroxyl groups excluding tert-OH is 1. The Morgan fingerprint density at radius 1 is 1.12 bits per heavy atom. The Bertz CT molecular complexity index is 256. The number of esters is 1. The highest BCUT2D eigenvalue weighted by molar-refractivity contribution is 5.82. The van der Waals surface area contributed by atoms with Gasteiger partial charge in [-0.25, -0.2) is 4.79 Å². The van der Waals surface area contributed by atoms with Crippen LogP contribution in [0.2, 0.25) is 0 Å². The van der Waals surface area contributed by atoms with Gasteiger partial charge in [0.15, 0.2) is 0 Å². The fourth-order valence-electron chi connectivity index (χ4n) is 1.30. The minimum atomic E-state index is -0.533. The molecule has 0 amide bonds. The van der Waals surface area contributed by atoms with Crippen molar-refractivity contribution < 1.29 is 19.4 Å². The van der Waals surface area contributed by atoms with Crippen molar-refractivity contribution in [2.75, 3.05) is 7.11 Å². The van der Waals surface area contributed by atoms with Crippen LogP contribution in [0.25, 0.3) is 0 Å². The van der Waals surface area contributed by atoms with E-state index < -0.39 is 5.97 Å². The van der Waals surface area contributed by atoms with Crippen molar-refractivity contribution in [3.63, 3.8) is 0 Å². The molecule has 0 aliphatic heterocycles. The number of ether oxygens (including phenoxy) is 1. The number of aliphatic hydroxyl groups is 1. The SMILES string of the molecule is COC(=O)/C=C(\O)CCCCCCC(C)=O. The number of rotatable bonds is 8. The van der Waals surface area contributed by atoms with Crippen molar-refractivity contribution in [2.24, 2.45) is 0 Å². The summed E-state index contributed by atoms with van der Waals surface area (Å²) in [6.07, 6.45) is 5.85. The summed E-state index contributed by atoms with van der Waals surface area (Å²) >= 11 is 0. The number of ketones is 1. The second-order valence-corrected chi connectivity index (χ2v) is 3.78. The van der Waals surface area contributed by atoms with Crippen molar-refractivity contribution in [1.29, 1.82) is 0 Å². The molecule has 0 saturated carbocycles. The van der Waals surface area contributed by atoms with Gasteiger partial charge in [0.05, 0.1) is 18.9 Å². The Labute approximate surface area is 96.3 Å². The first-order valence-electron chi connectivity index (χ1n) is 5.53. The first kappa shape index (κ1) is 14.7. The maximum atomic E-state index is 10.7. The summed E-state index contributed by atoms with van der Waals surface area (Å²) in [5, 5.41) is 9.30. The van der Waals surface area contributed by atoms with Gasteiger partial charge in [0, 0.05) is 12.8 Å². The number of Topliss-reactive ketones (excluding diaryl/α,β-unsaturated/α-hetero) is 1. The molecule has 0 aromatic carbocycles. The van der Waals surface area contributed by atoms with Crippen LogP contribution in [-0.2, 0) is 14.3 Å². The molecular formula is C12H20O4. The van der Waals surface area contributed by atoms with Gasteiger partial charge in [0.2, 0.25) is 0 Å². The molecule has 0 atom stereocenters. The lowest BCUT2D eigenvalue weighted by atomic mass is 10.1.